The van der Waals surface area contributed by atoms with Crippen molar-refractivity contribution in [3.63, 3.8) is 0 Å². The summed E-state index contributed by atoms with van der Waals surface area (Å²) in [7, 11) is 1.96. The Bertz CT molecular complexity index is 260. The summed E-state index contributed by atoms with van der Waals surface area (Å²) in [6.45, 7) is 3.93. The van der Waals surface area contributed by atoms with Crippen LogP contribution >= 0.6 is 22.6 Å². The SMILES string of the molecule is CNCC(C)COc1ccc(I)cc1. The molecule has 1 unspecified atom stereocenters. The molecule has 78 valence electrons. The van der Waals surface area contributed by atoms with Crippen LogP contribution in [0.4, 0.5) is 0 Å². The number of benzene rings is 1. The highest BCUT2D eigenvalue weighted by atomic mass is 127. The lowest BCUT2D eigenvalue weighted by Gasteiger charge is -2.12. The quantitative estimate of drug-likeness (QED) is 0.844. The zero-order chi connectivity index (χ0) is 10.4. The maximum Gasteiger partial charge on any atom is 0.119 e. The standard InChI is InChI=1S/C11H16INO/c1-9(7-13-2)8-14-11-5-3-10(12)4-6-11/h3-6,9,13H,7-8H2,1-2H3. The normalized spacial score (nSPS) is 12.5. The van der Waals surface area contributed by atoms with Crippen molar-refractivity contribution in [1.29, 1.82) is 0 Å². The van der Waals surface area contributed by atoms with Gasteiger partial charge in [-0.1, -0.05) is 6.92 Å². The second-order valence-electron chi connectivity index (χ2n) is 3.43. The molecular formula is C11H16INO. The number of rotatable bonds is 5. The van der Waals surface area contributed by atoms with Crippen molar-refractivity contribution in [2.75, 3.05) is 20.2 Å². The van der Waals surface area contributed by atoms with Gasteiger partial charge in [0.2, 0.25) is 0 Å². The van der Waals surface area contributed by atoms with Gasteiger partial charge in [-0.05, 0) is 53.9 Å². The predicted molar refractivity (Wildman–Crippen MR) is 67.7 cm³/mol. The van der Waals surface area contributed by atoms with E-state index in [0.717, 1.165) is 18.9 Å². The molecule has 0 saturated heterocycles. The van der Waals surface area contributed by atoms with Gasteiger partial charge in [0.15, 0.2) is 0 Å². The van der Waals surface area contributed by atoms with E-state index in [-0.39, 0.29) is 0 Å². The molecule has 0 amide bonds. The summed E-state index contributed by atoms with van der Waals surface area (Å²) in [4.78, 5) is 0. The molecule has 0 radical (unpaired) electrons. The molecule has 0 bridgehead atoms. The van der Waals surface area contributed by atoms with Crippen LogP contribution in [0.3, 0.4) is 0 Å². The van der Waals surface area contributed by atoms with Crippen LogP contribution in [0, 0.1) is 9.49 Å². The first-order valence-electron chi connectivity index (χ1n) is 4.75. The van der Waals surface area contributed by atoms with E-state index < -0.39 is 0 Å². The molecule has 0 spiro atoms. The molecule has 0 aliphatic rings. The summed E-state index contributed by atoms with van der Waals surface area (Å²) in [6.07, 6.45) is 0. The van der Waals surface area contributed by atoms with Gasteiger partial charge in [0.1, 0.15) is 5.75 Å². The molecule has 1 aromatic carbocycles. The fourth-order valence-corrected chi connectivity index (χ4v) is 1.54. The fourth-order valence-electron chi connectivity index (χ4n) is 1.18. The van der Waals surface area contributed by atoms with Crippen molar-refractivity contribution >= 4 is 22.6 Å². The van der Waals surface area contributed by atoms with Crippen LogP contribution < -0.4 is 10.1 Å². The highest BCUT2D eigenvalue weighted by Crippen LogP contribution is 2.14. The van der Waals surface area contributed by atoms with E-state index >= 15 is 0 Å². The maximum atomic E-state index is 5.63. The van der Waals surface area contributed by atoms with Gasteiger partial charge in [-0.15, -0.1) is 0 Å². The lowest BCUT2D eigenvalue weighted by molar-refractivity contribution is 0.258. The summed E-state index contributed by atoms with van der Waals surface area (Å²) < 4.78 is 6.87. The molecule has 3 heteroatoms. The Morgan fingerprint density at radius 2 is 2.00 bits per heavy atom. The van der Waals surface area contributed by atoms with Crippen LogP contribution in [0.15, 0.2) is 24.3 Å². The van der Waals surface area contributed by atoms with Crippen molar-refractivity contribution < 1.29 is 4.74 Å². The molecule has 14 heavy (non-hydrogen) atoms. The second kappa shape index (κ2) is 6.24. The number of hydrogen-bond acceptors (Lipinski definition) is 2. The lowest BCUT2D eigenvalue weighted by Crippen LogP contribution is -2.21. The molecule has 0 aromatic heterocycles. The molecule has 1 N–H and O–H groups in total. The third-order valence-electron chi connectivity index (χ3n) is 1.90. The van der Waals surface area contributed by atoms with Crippen LogP contribution in [0.1, 0.15) is 6.92 Å². The van der Waals surface area contributed by atoms with Crippen LogP contribution in [-0.2, 0) is 0 Å². The fraction of sp³-hybridized carbons (Fsp3) is 0.455. The van der Waals surface area contributed by atoms with E-state index in [1.807, 2.05) is 19.2 Å². The molecule has 1 atom stereocenters. The zero-order valence-corrected chi connectivity index (χ0v) is 10.7. The second-order valence-corrected chi connectivity index (χ2v) is 4.67. The Morgan fingerprint density at radius 1 is 1.36 bits per heavy atom. The van der Waals surface area contributed by atoms with E-state index in [9.17, 15) is 0 Å². The Hall–Kier alpha value is -0.290. The summed E-state index contributed by atoms with van der Waals surface area (Å²) in [6, 6.07) is 8.12. The number of ether oxygens (including phenoxy) is 1. The Labute approximate surface area is 99.2 Å². The minimum atomic E-state index is 0.541. The average molecular weight is 305 g/mol. The van der Waals surface area contributed by atoms with E-state index in [1.165, 1.54) is 3.57 Å². The van der Waals surface area contributed by atoms with Crippen LogP contribution in [0.25, 0.3) is 0 Å². The van der Waals surface area contributed by atoms with Gasteiger partial charge in [-0.3, -0.25) is 0 Å². The van der Waals surface area contributed by atoms with Gasteiger partial charge in [0.05, 0.1) is 6.61 Å². The lowest BCUT2D eigenvalue weighted by atomic mass is 10.2. The first kappa shape index (κ1) is 11.8. The molecule has 1 aromatic rings. The van der Waals surface area contributed by atoms with E-state index in [2.05, 4.69) is 47.0 Å². The largest absolute Gasteiger partial charge is 0.493 e. The van der Waals surface area contributed by atoms with Gasteiger partial charge in [-0.25, -0.2) is 0 Å². The van der Waals surface area contributed by atoms with Crippen LogP contribution in [-0.4, -0.2) is 20.2 Å². The summed E-state index contributed by atoms with van der Waals surface area (Å²) in [5, 5.41) is 3.13. The monoisotopic (exact) mass is 305 g/mol. The van der Waals surface area contributed by atoms with Crippen LogP contribution in [0.2, 0.25) is 0 Å². The van der Waals surface area contributed by atoms with Crippen molar-refractivity contribution in [1.82, 2.24) is 5.32 Å². The Morgan fingerprint density at radius 3 is 2.57 bits per heavy atom. The Kier molecular flexibility index (Phi) is 5.25. The first-order chi connectivity index (χ1) is 6.72. The predicted octanol–water partition coefficient (Wildman–Crippen LogP) is 2.53. The van der Waals surface area contributed by atoms with Crippen molar-refractivity contribution in [3.05, 3.63) is 27.8 Å². The highest BCUT2D eigenvalue weighted by molar-refractivity contribution is 14.1. The summed E-state index contributed by atoms with van der Waals surface area (Å²) in [5.41, 5.74) is 0. The van der Waals surface area contributed by atoms with Gasteiger partial charge < -0.3 is 10.1 Å². The topological polar surface area (TPSA) is 21.3 Å². The molecule has 0 aliphatic carbocycles. The zero-order valence-electron chi connectivity index (χ0n) is 8.59. The maximum absolute atomic E-state index is 5.63. The van der Waals surface area contributed by atoms with E-state index in [4.69, 9.17) is 4.74 Å². The molecule has 0 aliphatic heterocycles. The van der Waals surface area contributed by atoms with Gasteiger partial charge in [-0.2, -0.15) is 0 Å². The summed E-state index contributed by atoms with van der Waals surface area (Å²) in [5.74, 6) is 1.49. The number of nitrogens with one attached hydrogen (secondary N) is 1. The van der Waals surface area contributed by atoms with Crippen molar-refractivity contribution in [2.45, 2.75) is 6.92 Å². The van der Waals surface area contributed by atoms with Crippen LogP contribution in [0.5, 0.6) is 5.75 Å². The van der Waals surface area contributed by atoms with Gasteiger partial charge in [0, 0.05) is 16.0 Å². The number of halogens is 1. The third kappa shape index (κ3) is 4.28. The van der Waals surface area contributed by atoms with Gasteiger partial charge >= 0.3 is 0 Å². The molecule has 1 rings (SSSR count). The van der Waals surface area contributed by atoms with E-state index in [1.54, 1.807) is 0 Å². The molecule has 2 nitrogen and oxygen atoms in total. The molecule has 0 saturated carbocycles. The van der Waals surface area contributed by atoms with Crippen molar-refractivity contribution in [2.24, 2.45) is 5.92 Å². The van der Waals surface area contributed by atoms with Gasteiger partial charge in [0.25, 0.3) is 0 Å². The average Bonchev–Trinajstić information content (AvgIpc) is 2.17. The molecular weight excluding hydrogens is 289 g/mol. The third-order valence-corrected chi connectivity index (χ3v) is 2.62. The molecule has 0 fully saturated rings. The molecule has 0 heterocycles. The first-order valence-corrected chi connectivity index (χ1v) is 5.83. The van der Waals surface area contributed by atoms with E-state index in [0.29, 0.717) is 5.92 Å². The Balaban J connectivity index is 2.34. The van der Waals surface area contributed by atoms with Crippen molar-refractivity contribution in [3.8, 4) is 5.75 Å². The smallest absolute Gasteiger partial charge is 0.119 e. The summed E-state index contributed by atoms with van der Waals surface area (Å²) >= 11 is 2.29. The highest BCUT2D eigenvalue weighted by Gasteiger charge is 2.01. The minimum absolute atomic E-state index is 0.541. The number of hydrogen-bond donors (Lipinski definition) is 1. The minimum Gasteiger partial charge on any atom is -0.493 e.